The van der Waals surface area contributed by atoms with Crippen molar-refractivity contribution in [3.63, 3.8) is 0 Å². The lowest BCUT2D eigenvalue weighted by atomic mass is 10.2. The molecule has 0 bridgehead atoms. The fourth-order valence-corrected chi connectivity index (χ4v) is 4.42. The second kappa shape index (κ2) is 8.41. The highest BCUT2D eigenvalue weighted by Gasteiger charge is 2.16. The van der Waals surface area contributed by atoms with Gasteiger partial charge < -0.3 is 0 Å². The molecule has 2 heterocycles. The van der Waals surface area contributed by atoms with E-state index in [1.165, 1.54) is 5.56 Å². The standard InChI is InChI=1S/C22H17BrN6S/c23-17-12-10-16(11-13-17)15-30-22-26-25-21(29(22)18-6-2-1-3-7-18)14-28-20-9-5-4-8-19(20)24-27-28/h1-13H,14-15H2. The minimum atomic E-state index is 0.487. The Morgan fingerprint density at radius 3 is 2.40 bits per heavy atom. The lowest BCUT2D eigenvalue weighted by molar-refractivity contribution is 0.630. The van der Waals surface area contributed by atoms with Crippen LogP contribution in [0, 0.1) is 0 Å². The molecule has 0 fully saturated rings. The molecule has 30 heavy (non-hydrogen) atoms. The van der Waals surface area contributed by atoms with Crippen LogP contribution in [0.15, 0.2) is 88.5 Å². The maximum absolute atomic E-state index is 4.50. The average molecular weight is 477 g/mol. The Bertz CT molecular complexity index is 1280. The largest absolute Gasteiger partial charge is 0.272 e. The summed E-state index contributed by atoms with van der Waals surface area (Å²) >= 11 is 5.15. The topological polar surface area (TPSA) is 61.4 Å². The molecule has 148 valence electrons. The summed E-state index contributed by atoms with van der Waals surface area (Å²) in [6.07, 6.45) is 0. The Hall–Kier alpha value is -2.97. The minimum Gasteiger partial charge on any atom is -0.272 e. The number of aromatic nitrogens is 6. The molecule has 0 saturated carbocycles. The third kappa shape index (κ3) is 3.88. The van der Waals surface area contributed by atoms with Gasteiger partial charge in [-0.25, -0.2) is 4.68 Å². The van der Waals surface area contributed by atoms with Crippen LogP contribution in [0.4, 0.5) is 0 Å². The number of fused-ring (bicyclic) bond motifs is 1. The fraction of sp³-hybridized carbons (Fsp3) is 0.0909. The number of hydrogen-bond donors (Lipinski definition) is 0. The summed E-state index contributed by atoms with van der Waals surface area (Å²) in [6.45, 7) is 0.487. The Kier molecular flexibility index (Phi) is 5.33. The van der Waals surface area contributed by atoms with Gasteiger partial charge in [-0.15, -0.1) is 15.3 Å². The maximum atomic E-state index is 4.50. The monoisotopic (exact) mass is 476 g/mol. The molecule has 8 heteroatoms. The lowest BCUT2D eigenvalue weighted by Gasteiger charge is -2.10. The molecule has 0 unspecified atom stereocenters. The molecule has 0 aliphatic heterocycles. The zero-order chi connectivity index (χ0) is 20.3. The summed E-state index contributed by atoms with van der Waals surface area (Å²) in [4.78, 5) is 0. The highest BCUT2D eigenvalue weighted by atomic mass is 79.9. The first-order valence-electron chi connectivity index (χ1n) is 9.43. The van der Waals surface area contributed by atoms with Gasteiger partial charge in [0.1, 0.15) is 12.1 Å². The van der Waals surface area contributed by atoms with E-state index in [1.54, 1.807) is 11.8 Å². The number of benzene rings is 3. The van der Waals surface area contributed by atoms with Crippen molar-refractivity contribution in [3.8, 4) is 5.69 Å². The van der Waals surface area contributed by atoms with Crippen molar-refractivity contribution >= 4 is 38.7 Å². The van der Waals surface area contributed by atoms with Gasteiger partial charge in [0.05, 0.1) is 5.52 Å². The van der Waals surface area contributed by atoms with Crippen molar-refractivity contribution in [1.29, 1.82) is 0 Å². The van der Waals surface area contributed by atoms with Crippen LogP contribution in [0.1, 0.15) is 11.4 Å². The van der Waals surface area contributed by atoms with Gasteiger partial charge in [-0.05, 0) is 42.0 Å². The van der Waals surface area contributed by atoms with Gasteiger partial charge in [0.25, 0.3) is 0 Å². The van der Waals surface area contributed by atoms with E-state index in [4.69, 9.17) is 0 Å². The van der Waals surface area contributed by atoms with Crippen molar-refractivity contribution in [1.82, 2.24) is 29.8 Å². The summed E-state index contributed by atoms with van der Waals surface area (Å²) < 4.78 is 5.04. The molecule has 2 aromatic heterocycles. The zero-order valence-corrected chi connectivity index (χ0v) is 18.3. The zero-order valence-electron chi connectivity index (χ0n) is 15.9. The molecule has 0 saturated heterocycles. The van der Waals surface area contributed by atoms with Crippen molar-refractivity contribution in [2.24, 2.45) is 0 Å². The maximum Gasteiger partial charge on any atom is 0.196 e. The van der Waals surface area contributed by atoms with E-state index in [1.807, 2.05) is 47.1 Å². The van der Waals surface area contributed by atoms with E-state index < -0.39 is 0 Å². The smallest absolute Gasteiger partial charge is 0.196 e. The number of halogens is 1. The molecular formula is C22H17BrN6S. The van der Waals surface area contributed by atoms with Crippen molar-refractivity contribution in [3.05, 3.63) is 94.7 Å². The quantitative estimate of drug-likeness (QED) is 0.318. The summed E-state index contributed by atoms with van der Waals surface area (Å²) in [5, 5.41) is 18.4. The van der Waals surface area contributed by atoms with Gasteiger partial charge in [-0.3, -0.25) is 4.57 Å². The second-order valence-corrected chi connectivity index (χ2v) is 8.58. The van der Waals surface area contributed by atoms with E-state index in [0.29, 0.717) is 6.54 Å². The van der Waals surface area contributed by atoms with Crippen molar-refractivity contribution in [2.45, 2.75) is 17.5 Å². The Morgan fingerprint density at radius 2 is 1.57 bits per heavy atom. The molecule has 0 N–H and O–H groups in total. The number of nitrogens with zero attached hydrogens (tertiary/aromatic N) is 6. The molecule has 0 amide bonds. The van der Waals surface area contributed by atoms with Gasteiger partial charge in [0.2, 0.25) is 0 Å². The number of thioether (sulfide) groups is 1. The summed E-state index contributed by atoms with van der Waals surface area (Å²) in [5.74, 6) is 1.62. The van der Waals surface area contributed by atoms with Crippen LogP contribution < -0.4 is 0 Å². The summed E-state index contributed by atoms with van der Waals surface area (Å²) in [5.41, 5.74) is 4.10. The number of para-hydroxylation sites is 2. The van der Waals surface area contributed by atoms with Crippen LogP contribution in [-0.2, 0) is 12.3 Å². The number of rotatable bonds is 6. The fourth-order valence-electron chi connectivity index (χ4n) is 3.23. The highest BCUT2D eigenvalue weighted by molar-refractivity contribution is 9.10. The molecule has 0 spiro atoms. The second-order valence-electron chi connectivity index (χ2n) is 6.72. The molecule has 0 atom stereocenters. The Labute approximate surface area is 186 Å². The predicted molar refractivity (Wildman–Crippen MR) is 122 cm³/mol. The first kappa shape index (κ1) is 19.0. The van der Waals surface area contributed by atoms with E-state index in [9.17, 15) is 0 Å². The third-order valence-corrected chi connectivity index (χ3v) is 6.24. The molecule has 6 nitrogen and oxygen atoms in total. The van der Waals surface area contributed by atoms with Crippen LogP contribution in [0.2, 0.25) is 0 Å². The van der Waals surface area contributed by atoms with Gasteiger partial charge in [-0.2, -0.15) is 0 Å². The molecule has 0 aliphatic carbocycles. The van der Waals surface area contributed by atoms with Crippen LogP contribution >= 0.6 is 27.7 Å². The predicted octanol–water partition coefficient (Wildman–Crippen LogP) is 5.12. The first-order valence-corrected chi connectivity index (χ1v) is 11.2. The van der Waals surface area contributed by atoms with Crippen LogP contribution in [0.5, 0.6) is 0 Å². The highest BCUT2D eigenvalue weighted by Crippen LogP contribution is 2.26. The van der Waals surface area contributed by atoms with E-state index in [-0.39, 0.29) is 0 Å². The van der Waals surface area contributed by atoms with Crippen molar-refractivity contribution < 1.29 is 0 Å². The SMILES string of the molecule is Brc1ccc(CSc2nnc(Cn3nnc4ccccc43)n2-c2ccccc2)cc1. The van der Waals surface area contributed by atoms with Crippen molar-refractivity contribution in [2.75, 3.05) is 0 Å². The Balaban J connectivity index is 1.49. The van der Waals surface area contributed by atoms with E-state index in [0.717, 1.165) is 37.9 Å². The molecule has 5 aromatic rings. The first-order chi connectivity index (χ1) is 14.8. The van der Waals surface area contributed by atoms with Gasteiger partial charge >= 0.3 is 0 Å². The third-order valence-electron chi connectivity index (χ3n) is 4.71. The van der Waals surface area contributed by atoms with Gasteiger partial charge in [0, 0.05) is 15.9 Å². The van der Waals surface area contributed by atoms with Crippen LogP contribution in [0.25, 0.3) is 16.7 Å². The van der Waals surface area contributed by atoms with Crippen LogP contribution in [-0.4, -0.2) is 29.8 Å². The van der Waals surface area contributed by atoms with Gasteiger partial charge in [-0.1, -0.05) is 75.4 Å². The minimum absolute atomic E-state index is 0.487. The molecule has 3 aromatic carbocycles. The summed E-state index contributed by atoms with van der Waals surface area (Å²) in [6, 6.07) is 26.4. The Morgan fingerprint density at radius 1 is 0.800 bits per heavy atom. The van der Waals surface area contributed by atoms with E-state index in [2.05, 4.69) is 77.4 Å². The van der Waals surface area contributed by atoms with E-state index >= 15 is 0 Å². The summed E-state index contributed by atoms with van der Waals surface area (Å²) in [7, 11) is 0. The normalized spacial score (nSPS) is 11.2. The molecule has 0 aliphatic rings. The molecular weight excluding hydrogens is 460 g/mol. The van der Waals surface area contributed by atoms with Crippen LogP contribution in [0.3, 0.4) is 0 Å². The molecule has 0 radical (unpaired) electrons. The number of hydrogen-bond acceptors (Lipinski definition) is 5. The lowest BCUT2D eigenvalue weighted by Crippen LogP contribution is -2.09. The average Bonchev–Trinajstić information content (AvgIpc) is 3.38. The van der Waals surface area contributed by atoms with Gasteiger partial charge in [0.15, 0.2) is 11.0 Å². The molecule has 5 rings (SSSR count).